The quantitative estimate of drug-likeness (QED) is 0.654. The Morgan fingerprint density at radius 2 is 2.09 bits per heavy atom. The highest BCUT2D eigenvalue weighted by atomic mass is 35.5. The van der Waals surface area contributed by atoms with Crippen LogP contribution in [-0.2, 0) is 9.53 Å². The number of hydrogen-bond donors (Lipinski definition) is 1. The van der Waals surface area contributed by atoms with Crippen molar-refractivity contribution in [1.29, 1.82) is 0 Å². The molecule has 3 rings (SSSR count). The van der Waals surface area contributed by atoms with E-state index in [2.05, 4.69) is 10.1 Å². The number of halogens is 1. The Labute approximate surface area is 142 Å². The molecule has 0 bridgehead atoms. The molecule has 2 aromatic rings. The van der Waals surface area contributed by atoms with Gasteiger partial charge in [-0.2, -0.15) is 0 Å². The summed E-state index contributed by atoms with van der Waals surface area (Å²) in [6, 6.07) is 12.4. The molecule has 0 atom stereocenters. The fraction of sp³-hybridized carbons (Fsp3) is 0.0588. The lowest BCUT2D eigenvalue weighted by atomic mass is 10.2. The third-order valence-electron chi connectivity index (χ3n) is 3.24. The van der Waals surface area contributed by atoms with Crippen LogP contribution in [0.25, 0.3) is 6.08 Å². The summed E-state index contributed by atoms with van der Waals surface area (Å²) in [6.07, 6.45) is 1.78. The number of amides is 1. The van der Waals surface area contributed by atoms with E-state index in [-0.39, 0.29) is 5.91 Å². The first kappa shape index (κ1) is 15.6. The minimum atomic E-state index is -0.438. The first-order chi connectivity index (χ1) is 11.1. The number of nitrogens with one attached hydrogen (secondary N) is 1. The minimum Gasteiger partial charge on any atom is -0.465 e. The van der Waals surface area contributed by atoms with Crippen molar-refractivity contribution in [2.75, 3.05) is 12.4 Å². The van der Waals surface area contributed by atoms with Crippen LogP contribution in [-0.4, -0.2) is 19.0 Å². The van der Waals surface area contributed by atoms with Crippen molar-refractivity contribution in [3.05, 3.63) is 63.5 Å². The van der Waals surface area contributed by atoms with Gasteiger partial charge in [-0.15, -0.1) is 0 Å². The molecule has 0 saturated carbocycles. The number of ether oxygens (including phenoxy) is 1. The highest BCUT2D eigenvalue weighted by Gasteiger charge is 2.22. The molecule has 1 amide bonds. The van der Waals surface area contributed by atoms with Crippen molar-refractivity contribution >= 4 is 47.0 Å². The van der Waals surface area contributed by atoms with Crippen LogP contribution in [0.5, 0.6) is 0 Å². The standard InChI is InChI=1S/C17H12ClNO3S/c1-22-17(21)11-5-6-14-13(9-11)19-16(20)15(23-14)8-10-3-2-4-12(18)7-10/h2-9H,1H3,(H,19,20)/b15-8-. The average Bonchev–Trinajstić information content (AvgIpc) is 2.54. The van der Waals surface area contributed by atoms with E-state index in [1.54, 1.807) is 36.4 Å². The third-order valence-corrected chi connectivity index (χ3v) is 4.57. The number of benzene rings is 2. The molecular formula is C17H12ClNO3S. The van der Waals surface area contributed by atoms with Gasteiger partial charge in [-0.1, -0.05) is 35.5 Å². The van der Waals surface area contributed by atoms with Gasteiger partial charge in [-0.25, -0.2) is 4.79 Å². The maximum atomic E-state index is 12.2. The number of methoxy groups -OCH3 is 1. The van der Waals surface area contributed by atoms with Crippen LogP contribution < -0.4 is 5.32 Å². The molecule has 116 valence electrons. The van der Waals surface area contributed by atoms with Gasteiger partial charge in [-0.05, 0) is 42.0 Å². The zero-order valence-electron chi connectivity index (χ0n) is 12.1. The second-order valence-electron chi connectivity index (χ2n) is 4.82. The van der Waals surface area contributed by atoms with Crippen molar-refractivity contribution in [1.82, 2.24) is 0 Å². The lowest BCUT2D eigenvalue weighted by Gasteiger charge is -2.19. The Hall–Kier alpha value is -2.24. The number of thioether (sulfide) groups is 1. The first-order valence-electron chi connectivity index (χ1n) is 6.75. The number of anilines is 1. The molecule has 23 heavy (non-hydrogen) atoms. The molecule has 0 fully saturated rings. The zero-order chi connectivity index (χ0) is 16.4. The summed E-state index contributed by atoms with van der Waals surface area (Å²) >= 11 is 7.31. The summed E-state index contributed by atoms with van der Waals surface area (Å²) in [5.41, 5.74) is 1.85. The lowest BCUT2D eigenvalue weighted by molar-refractivity contribution is -0.112. The van der Waals surface area contributed by atoms with Crippen molar-refractivity contribution in [3.8, 4) is 0 Å². The van der Waals surface area contributed by atoms with Crippen molar-refractivity contribution in [2.24, 2.45) is 0 Å². The first-order valence-corrected chi connectivity index (χ1v) is 7.95. The predicted octanol–water partition coefficient (Wildman–Crippen LogP) is 4.21. The summed E-state index contributed by atoms with van der Waals surface area (Å²) in [6.45, 7) is 0. The highest BCUT2D eigenvalue weighted by molar-refractivity contribution is 8.04. The predicted molar refractivity (Wildman–Crippen MR) is 91.7 cm³/mol. The number of rotatable bonds is 2. The second kappa shape index (κ2) is 6.48. The van der Waals surface area contributed by atoms with E-state index in [9.17, 15) is 9.59 Å². The molecule has 0 radical (unpaired) electrons. The normalized spacial score (nSPS) is 15.0. The molecule has 6 heteroatoms. The fourth-order valence-electron chi connectivity index (χ4n) is 2.15. The summed E-state index contributed by atoms with van der Waals surface area (Å²) < 4.78 is 4.68. The molecule has 0 aliphatic carbocycles. The van der Waals surface area contributed by atoms with Crippen LogP contribution in [0, 0.1) is 0 Å². The van der Waals surface area contributed by atoms with Gasteiger partial charge in [0, 0.05) is 9.92 Å². The molecular weight excluding hydrogens is 334 g/mol. The van der Waals surface area contributed by atoms with Gasteiger partial charge in [0.2, 0.25) is 0 Å². The van der Waals surface area contributed by atoms with Crippen molar-refractivity contribution < 1.29 is 14.3 Å². The lowest BCUT2D eigenvalue weighted by Crippen LogP contribution is -2.18. The third kappa shape index (κ3) is 3.41. The fourth-order valence-corrected chi connectivity index (χ4v) is 3.28. The van der Waals surface area contributed by atoms with Crippen LogP contribution in [0.4, 0.5) is 5.69 Å². The zero-order valence-corrected chi connectivity index (χ0v) is 13.7. The second-order valence-corrected chi connectivity index (χ2v) is 6.34. The molecule has 1 N–H and O–H groups in total. The van der Waals surface area contributed by atoms with E-state index >= 15 is 0 Å². The van der Waals surface area contributed by atoms with Crippen molar-refractivity contribution in [3.63, 3.8) is 0 Å². The largest absolute Gasteiger partial charge is 0.465 e. The average molecular weight is 346 g/mol. The Kier molecular flexibility index (Phi) is 4.41. The van der Waals surface area contributed by atoms with Crippen molar-refractivity contribution in [2.45, 2.75) is 4.90 Å². The van der Waals surface area contributed by atoms with Gasteiger partial charge >= 0.3 is 5.97 Å². The molecule has 1 aliphatic heterocycles. The number of esters is 1. The van der Waals surface area contributed by atoms with Gasteiger partial charge in [-0.3, -0.25) is 4.79 Å². The van der Waals surface area contributed by atoms with Crippen LogP contribution in [0.15, 0.2) is 52.3 Å². The Morgan fingerprint density at radius 1 is 1.26 bits per heavy atom. The van der Waals surface area contributed by atoms with E-state index in [1.807, 2.05) is 12.1 Å². The Bertz CT molecular complexity index is 832. The molecule has 0 unspecified atom stereocenters. The SMILES string of the molecule is COC(=O)c1ccc2c(c1)NC(=O)/C(=C/c1cccc(Cl)c1)S2. The molecule has 2 aromatic carbocycles. The minimum absolute atomic E-state index is 0.218. The molecule has 0 saturated heterocycles. The van der Waals surface area contributed by atoms with E-state index in [0.717, 1.165) is 10.5 Å². The topological polar surface area (TPSA) is 55.4 Å². The Balaban J connectivity index is 1.92. The van der Waals surface area contributed by atoms with E-state index in [1.165, 1.54) is 18.9 Å². The molecule has 0 spiro atoms. The number of carbonyl (C=O) groups is 2. The van der Waals surface area contributed by atoms with E-state index in [4.69, 9.17) is 11.6 Å². The maximum absolute atomic E-state index is 12.2. The van der Waals surface area contributed by atoms with Gasteiger partial charge in [0.1, 0.15) is 0 Å². The van der Waals surface area contributed by atoms with E-state index in [0.29, 0.717) is 21.2 Å². The molecule has 1 heterocycles. The summed E-state index contributed by atoms with van der Waals surface area (Å²) in [5.74, 6) is -0.656. The van der Waals surface area contributed by atoms with Gasteiger partial charge in [0.15, 0.2) is 0 Å². The van der Waals surface area contributed by atoms with E-state index < -0.39 is 5.97 Å². The number of hydrogen-bond acceptors (Lipinski definition) is 4. The van der Waals surface area contributed by atoms with Gasteiger partial charge in [0.05, 0.1) is 23.3 Å². The number of fused-ring (bicyclic) bond motifs is 1. The Morgan fingerprint density at radius 3 is 2.83 bits per heavy atom. The van der Waals surface area contributed by atoms with Gasteiger partial charge in [0.25, 0.3) is 5.91 Å². The number of carbonyl (C=O) groups excluding carboxylic acids is 2. The molecule has 0 aromatic heterocycles. The highest BCUT2D eigenvalue weighted by Crippen LogP contribution is 2.39. The van der Waals surface area contributed by atoms with Crippen LogP contribution in [0.3, 0.4) is 0 Å². The molecule has 1 aliphatic rings. The monoisotopic (exact) mass is 345 g/mol. The smallest absolute Gasteiger partial charge is 0.337 e. The summed E-state index contributed by atoms with van der Waals surface area (Å²) in [7, 11) is 1.32. The molecule has 4 nitrogen and oxygen atoms in total. The maximum Gasteiger partial charge on any atom is 0.337 e. The van der Waals surface area contributed by atoms with Crippen LogP contribution >= 0.6 is 23.4 Å². The summed E-state index contributed by atoms with van der Waals surface area (Å²) in [5, 5.41) is 3.41. The van der Waals surface area contributed by atoms with Crippen LogP contribution in [0.1, 0.15) is 15.9 Å². The van der Waals surface area contributed by atoms with Gasteiger partial charge < -0.3 is 10.1 Å². The van der Waals surface area contributed by atoms with Crippen LogP contribution in [0.2, 0.25) is 5.02 Å². The summed E-state index contributed by atoms with van der Waals surface area (Å²) in [4.78, 5) is 25.2.